The van der Waals surface area contributed by atoms with E-state index in [-0.39, 0.29) is 11.5 Å². The molecule has 0 spiro atoms. The summed E-state index contributed by atoms with van der Waals surface area (Å²) in [5.74, 6) is 0.937. The highest BCUT2D eigenvalue weighted by atomic mass is 16.3. The average Bonchev–Trinajstić information content (AvgIpc) is 2.16. The second-order valence-electron chi connectivity index (χ2n) is 4.73. The minimum atomic E-state index is -0.254. The van der Waals surface area contributed by atoms with Gasteiger partial charge in [-0.2, -0.15) is 0 Å². The van der Waals surface area contributed by atoms with Crippen molar-refractivity contribution in [2.45, 2.75) is 54.6 Å². The van der Waals surface area contributed by atoms with E-state index in [1.165, 1.54) is 5.57 Å². The zero-order valence-electron chi connectivity index (χ0n) is 10.8. The zero-order valence-corrected chi connectivity index (χ0v) is 10.8. The summed E-state index contributed by atoms with van der Waals surface area (Å²) in [6.45, 7) is 15.0. The predicted molar refractivity (Wildman–Crippen MR) is 63.2 cm³/mol. The number of hydrogen-bond donors (Lipinski definition) is 1. The molecule has 0 aromatic rings. The smallest absolute Gasteiger partial charge is 0.0754 e. The van der Waals surface area contributed by atoms with Crippen LogP contribution in [0.5, 0.6) is 0 Å². The van der Waals surface area contributed by atoms with E-state index in [1.807, 2.05) is 19.9 Å². The van der Waals surface area contributed by atoms with Gasteiger partial charge < -0.3 is 5.11 Å². The molecule has 0 aliphatic heterocycles. The summed E-state index contributed by atoms with van der Waals surface area (Å²) < 4.78 is 0. The quantitative estimate of drug-likeness (QED) is 0.589. The highest BCUT2D eigenvalue weighted by Crippen LogP contribution is 2.44. The van der Waals surface area contributed by atoms with E-state index in [4.69, 9.17) is 0 Å². The van der Waals surface area contributed by atoms with Crippen molar-refractivity contribution in [2.24, 2.45) is 17.3 Å². The first kappa shape index (κ1) is 13.7. The molecule has 1 nitrogen and oxygen atoms in total. The van der Waals surface area contributed by atoms with Crippen LogP contribution in [-0.2, 0) is 0 Å². The number of aliphatic hydroxyl groups is 1. The van der Waals surface area contributed by atoms with Gasteiger partial charge in [0.15, 0.2) is 0 Å². The highest BCUT2D eigenvalue weighted by molar-refractivity contribution is 5.16. The lowest BCUT2D eigenvalue weighted by Gasteiger charge is -2.43. The summed E-state index contributed by atoms with van der Waals surface area (Å²) in [6.07, 6.45) is 1.75. The molecule has 1 rings (SSSR count). The van der Waals surface area contributed by atoms with Crippen LogP contribution in [0.25, 0.3) is 0 Å². The zero-order chi connectivity index (χ0) is 11.5. The summed E-state index contributed by atoms with van der Waals surface area (Å²) in [7, 11) is 0. The van der Waals surface area contributed by atoms with Crippen LogP contribution in [0, 0.1) is 17.3 Å². The third-order valence-electron chi connectivity index (χ3n) is 3.92. The van der Waals surface area contributed by atoms with Crippen LogP contribution in [0.4, 0.5) is 0 Å². The molecule has 0 aromatic heterocycles. The molecular weight excluding hydrogens is 172 g/mol. The van der Waals surface area contributed by atoms with Crippen LogP contribution < -0.4 is 0 Å². The summed E-state index contributed by atoms with van der Waals surface area (Å²) in [6, 6.07) is 0. The molecule has 0 radical (unpaired) electrons. The van der Waals surface area contributed by atoms with Crippen LogP contribution in [0.1, 0.15) is 48.5 Å². The Kier molecular flexibility index (Phi) is 4.87. The maximum absolute atomic E-state index is 9.73. The SMILES string of the molecule is CC.CC1=C[C@@H](O)[C@H](C)C(C)(C)[C@@H]1C. The van der Waals surface area contributed by atoms with E-state index in [2.05, 4.69) is 34.6 Å². The standard InChI is InChI=1S/C11H20O.C2H6/c1-7-6-10(12)9(3)11(4,5)8(7)2;1-2/h6,8-10,12H,1-5H3;1-2H3/t8-,9+,10-;/m1./s1. The molecule has 0 fully saturated rings. The molecule has 14 heavy (non-hydrogen) atoms. The van der Waals surface area contributed by atoms with Gasteiger partial charge in [-0.05, 0) is 24.2 Å². The Hall–Kier alpha value is -0.300. The van der Waals surface area contributed by atoms with E-state index in [0.29, 0.717) is 11.8 Å². The first-order chi connectivity index (χ1) is 6.37. The molecule has 1 aliphatic rings. The van der Waals surface area contributed by atoms with E-state index < -0.39 is 0 Å². The van der Waals surface area contributed by atoms with Crippen molar-refractivity contribution < 1.29 is 5.11 Å². The third kappa shape index (κ3) is 2.38. The minimum Gasteiger partial charge on any atom is -0.389 e. The van der Waals surface area contributed by atoms with Crippen LogP contribution in [-0.4, -0.2) is 11.2 Å². The van der Waals surface area contributed by atoms with Gasteiger partial charge in [-0.25, -0.2) is 0 Å². The molecule has 84 valence electrons. The number of rotatable bonds is 0. The fraction of sp³-hybridized carbons (Fsp3) is 0.846. The van der Waals surface area contributed by atoms with Gasteiger partial charge in [-0.3, -0.25) is 0 Å². The molecule has 0 heterocycles. The fourth-order valence-corrected chi connectivity index (χ4v) is 1.98. The lowest BCUT2D eigenvalue weighted by Crippen LogP contribution is -2.40. The van der Waals surface area contributed by atoms with Gasteiger partial charge in [0.2, 0.25) is 0 Å². The topological polar surface area (TPSA) is 20.2 Å². The van der Waals surface area contributed by atoms with Crippen LogP contribution in [0.2, 0.25) is 0 Å². The molecule has 0 aromatic carbocycles. The van der Waals surface area contributed by atoms with Gasteiger partial charge in [0.1, 0.15) is 0 Å². The lowest BCUT2D eigenvalue weighted by molar-refractivity contribution is 0.0373. The summed E-state index contributed by atoms with van der Waals surface area (Å²) in [5.41, 5.74) is 1.55. The summed E-state index contributed by atoms with van der Waals surface area (Å²) in [4.78, 5) is 0. The molecule has 0 saturated carbocycles. The van der Waals surface area contributed by atoms with Gasteiger partial charge in [0.25, 0.3) is 0 Å². The Morgan fingerprint density at radius 1 is 1.21 bits per heavy atom. The first-order valence-corrected chi connectivity index (χ1v) is 5.73. The molecule has 3 atom stereocenters. The van der Waals surface area contributed by atoms with Crippen molar-refractivity contribution in [3.63, 3.8) is 0 Å². The van der Waals surface area contributed by atoms with Crippen molar-refractivity contribution in [3.8, 4) is 0 Å². The minimum absolute atomic E-state index is 0.220. The molecule has 0 bridgehead atoms. The second-order valence-corrected chi connectivity index (χ2v) is 4.73. The predicted octanol–water partition coefficient (Wildman–Crippen LogP) is 3.63. The van der Waals surface area contributed by atoms with Crippen molar-refractivity contribution in [1.82, 2.24) is 0 Å². The van der Waals surface area contributed by atoms with Crippen molar-refractivity contribution >= 4 is 0 Å². The Morgan fingerprint density at radius 2 is 1.64 bits per heavy atom. The molecule has 1 aliphatic carbocycles. The lowest BCUT2D eigenvalue weighted by atomic mass is 9.63. The normalized spacial score (nSPS) is 35.4. The fourth-order valence-electron chi connectivity index (χ4n) is 1.98. The molecule has 0 saturated heterocycles. The van der Waals surface area contributed by atoms with Gasteiger partial charge in [0, 0.05) is 0 Å². The second kappa shape index (κ2) is 4.97. The number of aliphatic hydroxyl groups excluding tert-OH is 1. The molecule has 0 amide bonds. The maximum atomic E-state index is 9.73. The largest absolute Gasteiger partial charge is 0.389 e. The number of hydrogen-bond acceptors (Lipinski definition) is 1. The Bertz CT molecular complexity index is 203. The van der Waals surface area contributed by atoms with Gasteiger partial charge in [-0.1, -0.05) is 53.2 Å². The van der Waals surface area contributed by atoms with Gasteiger partial charge in [0.05, 0.1) is 6.10 Å². The van der Waals surface area contributed by atoms with Gasteiger partial charge >= 0.3 is 0 Å². The maximum Gasteiger partial charge on any atom is 0.0754 e. The molecule has 1 heteroatoms. The van der Waals surface area contributed by atoms with Crippen LogP contribution >= 0.6 is 0 Å². The molecule has 0 unspecified atom stereocenters. The Morgan fingerprint density at radius 3 is 2.07 bits per heavy atom. The van der Waals surface area contributed by atoms with E-state index in [1.54, 1.807) is 0 Å². The van der Waals surface area contributed by atoms with Crippen molar-refractivity contribution in [1.29, 1.82) is 0 Å². The van der Waals surface area contributed by atoms with E-state index >= 15 is 0 Å². The average molecular weight is 198 g/mol. The molecular formula is C13H26O. The summed E-state index contributed by atoms with van der Waals surface area (Å²) in [5, 5.41) is 9.73. The Labute approximate surface area is 89.2 Å². The van der Waals surface area contributed by atoms with Crippen molar-refractivity contribution in [2.75, 3.05) is 0 Å². The van der Waals surface area contributed by atoms with Gasteiger partial charge in [-0.15, -0.1) is 0 Å². The van der Waals surface area contributed by atoms with E-state index in [0.717, 1.165) is 0 Å². The van der Waals surface area contributed by atoms with Crippen LogP contribution in [0.3, 0.4) is 0 Å². The first-order valence-electron chi connectivity index (χ1n) is 5.73. The van der Waals surface area contributed by atoms with Crippen LogP contribution in [0.15, 0.2) is 11.6 Å². The van der Waals surface area contributed by atoms with Crippen molar-refractivity contribution in [3.05, 3.63) is 11.6 Å². The monoisotopic (exact) mass is 198 g/mol. The summed E-state index contributed by atoms with van der Waals surface area (Å²) >= 11 is 0. The molecule has 1 N–H and O–H groups in total. The number of allylic oxidation sites excluding steroid dienone is 1. The highest BCUT2D eigenvalue weighted by Gasteiger charge is 2.39. The van der Waals surface area contributed by atoms with E-state index in [9.17, 15) is 5.11 Å². The Balaban J connectivity index is 0.000000791. The third-order valence-corrected chi connectivity index (χ3v) is 3.92.